The van der Waals surface area contributed by atoms with E-state index >= 15 is 0 Å². The first-order valence-electron chi connectivity index (χ1n) is 8.23. The van der Waals surface area contributed by atoms with Gasteiger partial charge in [-0.3, -0.25) is 0 Å². The predicted octanol–water partition coefficient (Wildman–Crippen LogP) is 3.15. The van der Waals surface area contributed by atoms with Crippen molar-refractivity contribution in [1.82, 2.24) is 19.5 Å². The molecule has 0 aliphatic carbocycles. The lowest BCUT2D eigenvalue weighted by Gasteiger charge is -2.11. The SMILES string of the molecule is OC(Cc1ccccc1)c1ncnc2c1ncn2Cc1ccccc1. The standard InChI is InChI=1S/C20H18N4O/c25-17(11-15-7-3-1-4-8-15)18-19-20(22-13-21-18)24(14-23-19)12-16-9-5-2-6-10-16/h1-10,13-14,17,25H,11-12H2. The van der Waals surface area contributed by atoms with Crippen LogP contribution in [0.1, 0.15) is 22.9 Å². The van der Waals surface area contributed by atoms with Crippen molar-refractivity contribution in [3.8, 4) is 0 Å². The number of aromatic nitrogens is 4. The average molecular weight is 330 g/mol. The van der Waals surface area contributed by atoms with Gasteiger partial charge in [-0.25, -0.2) is 15.0 Å². The molecule has 0 fully saturated rings. The Bertz CT molecular complexity index is 967. The molecule has 0 amide bonds. The van der Waals surface area contributed by atoms with Gasteiger partial charge in [-0.1, -0.05) is 60.7 Å². The van der Waals surface area contributed by atoms with Crippen molar-refractivity contribution in [2.45, 2.75) is 19.1 Å². The first kappa shape index (κ1) is 15.5. The predicted molar refractivity (Wildman–Crippen MR) is 96.0 cm³/mol. The normalized spacial score (nSPS) is 12.4. The maximum Gasteiger partial charge on any atom is 0.163 e. The minimum absolute atomic E-state index is 0.499. The van der Waals surface area contributed by atoms with Crippen molar-refractivity contribution in [2.75, 3.05) is 0 Å². The van der Waals surface area contributed by atoms with Crippen molar-refractivity contribution >= 4 is 11.2 Å². The molecule has 1 atom stereocenters. The van der Waals surface area contributed by atoms with Crippen LogP contribution in [0, 0.1) is 0 Å². The summed E-state index contributed by atoms with van der Waals surface area (Å²) in [4.78, 5) is 13.1. The average Bonchev–Trinajstić information content (AvgIpc) is 3.06. The van der Waals surface area contributed by atoms with Crippen LogP contribution >= 0.6 is 0 Å². The quantitative estimate of drug-likeness (QED) is 0.610. The Morgan fingerprint density at radius 2 is 1.52 bits per heavy atom. The van der Waals surface area contributed by atoms with E-state index in [4.69, 9.17) is 0 Å². The summed E-state index contributed by atoms with van der Waals surface area (Å²) < 4.78 is 1.98. The topological polar surface area (TPSA) is 63.8 Å². The zero-order valence-electron chi connectivity index (χ0n) is 13.7. The molecule has 0 radical (unpaired) electrons. The third kappa shape index (κ3) is 3.27. The van der Waals surface area contributed by atoms with Crippen molar-refractivity contribution in [1.29, 1.82) is 0 Å². The molecule has 2 aromatic heterocycles. The first-order chi connectivity index (χ1) is 12.3. The van der Waals surface area contributed by atoms with E-state index in [2.05, 4.69) is 27.1 Å². The van der Waals surface area contributed by atoms with Gasteiger partial charge < -0.3 is 9.67 Å². The summed E-state index contributed by atoms with van der Waals surface area (Å²) in [6, 6.07) is 20.0. The molecule has 5 heteroatoms. The number of nitrogens with zero attached hydrogens (tertiary/aromatic N) is 4. The second-order valence-corrected chi connectivity index (χ2v) is 5.99. The van der Waals surface area contributed by atoms with Gasteiger partial charge in [0.1, 0.15) is 23.6 Å². The third-order valence-corrected chi connectivity index (χ3v) is 4.21. The highest BCUT2D eigenvalue weighted by Gasteiger charge is 2.17. The Kier molecular flexibility index (Phi) is 4.23. The summed E-state index contributed by atoms with van der Waals surface area (Å²) in [5.41, 5.74) is 4.20. The van der Waals surface area contributed by atoms with Crippen LogP contribution in [0.2, 0.25) is 0 Å². The molecule has 4 aromatic rings. The van der Waals surface area contributed by atoms with Crippen molar-refractivity contribution < 1.29 is 5.11 Å². The van der Waals surface area contributed by atoms with Gasteiger partial charge >= 0.3 is 0 Å². The number of imidazole rings is 1. The minimum Gasteiger partial charge on any atom is -0.386 e. The molecule has 124 valence electrons. The molecule has 4 rings (SSSR count). The lowest BCUT2D eigenvalue weighted by Crippen LogP contribution is -2.06. The summed E-state index contributed by atoms with van der Waals surface area (Å²) in [6.07, 6.45) is 3.03. The highest BCUT2D eigenvalue weighted by atomic mass is 16.3. The van der Waals surface area contributed by atoms with E-state index < -0.39 is 6.10 Å². The summed E-state index contributed by atoms with van der Waals surface area (Å²) in [7, 11) is 0. The summed E-state index contributed by atoms with van der Waals surface area (Å²) in [6.45, 7) is 0.683. The minimum atomic E-state index is -0.715. The lowest BCUT2D eigenvalue weighted by molar-refractivity contribution is 0.175. The molecule has 25 heavy (non-hydrogen) atoms. The van der Waals surface area contributed by atoms with Crippen LogP contribution in [-0.2, 0) is 13.0 Å². The fourth-order valence-corrected chi connectivity index (χ4v) is 2.97. The van der Waals surface area contributed by atoms with Crippen LogP contribution in [0.25, 0.3) is 11.2 Å². The molecule has 1 unspecified atom stereocenters. The van der Waals surface area contributed by atoms with E-state index in [-0.39, 0.29) is 0 Å². The molecule has 1 N–H and O–H groups in total. The maximum absolute atomic E-state index is 10.6. The molecule has 5 nitrogen and oxygen atoms in total. The fraction of sp³-hybridized carbons (Fsp3) is 0.150. The van der Waals surface area contributed by atoms with E-state index in [0.29, 0.717) is 24.2 Å². The molecule has 0 saturated heterocycles. The highest BCUT2D eigenvalue weighted by Crippen LogP contribution is 2.23. The fourth-order valence-electron chi connectivity index (χ4n) is 2.97. The first-order valence-corrected chi connectivity index (χ1v) is 8.23. The van der Waals surface area contributed by atoms with Crippen LogP contribution in [-0.4, -0.2) is 24.6 Å². The molecular formula is C20H18N4O. The summed E-state index contributed by atoms with van der Waals surface area (Å²) in [5, 5.41) is 10.6. The number of aliphatic hydroxyl groups excluding tert-OH is 1. The van der Waals surface area contributed by atoms with Crippen LogP contribution in [0.5, 0.6) is 0 Å². The van der Waals surface area contributed by atoms with Crippen LogP contribution in [0.15, 0.2) is 73.3 Å². The Hall–Kier alpha value is -3.05. The zero-order valence-corrected chi connectivity index (χ0v) is 13.7. The van der Waals surface area contributed by atoms with Gasteiger partial charge in [0.05, 0.1) is 12.9 Å². The van der Waals surface area contributed by atoms with E-state index in [1.54, 1.807) is 6.33 Å². The van der Waals surface area contributed by atoms with Crippen LogP contribution in [0.3, 0.4) is 0 Å². The molecule has 0 spiro atoms. The Labute approximate surface area is 145 Å². The monoisotopic (exact) mass is 330 g/mol. The highest BCUT2D eigenvalue weighted by molar-refractivity contribution is 5.73. The van der Waals surface area contributed by atoms with Gasteiger partial charge in [0.2, 0.25) is 0 Å². The third-order valence-electron chi connectivity index (χ3n) is 4.21. The molecule has 2 aromatic carbocycles. The van der Waals surface area contributed by atoms with E-state index in [0.717, 1.165) is 11.2 Å². The van der Waals surface area contributed by atoms with Crippen molar-refractivity contribution in [3.63, 3.8) is 0 Å². The molecule has 0 aliphatic heterocycles. The van der Waals surface area contributed by atoms with Gasteiger partial charge in [0, 0.05) is 6.42 Å². The van der Waals surface area contributed by atoms with Crippen molar-refractivity contribution in [2.24, 2.45) is 0 Å². The molecule has 0 aliphatic rings. The van der Waals surface area contributed by atoms with Gasteiger partial charge in [-0.15, -0.1) is 0 Å². The number of benzene rings is 2. The maximum atomic E-state index is 10.6. The number of aliphatic hydroxyl groups is 1. The van der Waals surface area contributed by atoms with E-state index in [1.807, 2.05) is 53.1 Å². The number of hydrogen-bond acceptors (Lipinski definition) is 4. The summed E-state index contributed by atoms with van der Waals surface area (Å²) >= 11 is 0. The van der Waals surface area contributed by atoms with Crippen LogP contribution < -0.4 is 0 Å². The van der Waals surface area contributed by atoms with E-state index in [9.17, 15) is 5.11 Å². The van der Waals surface area contributed by atoms with Gasteiger partial charge in [-0.05, 0) is 11.1 Å². The molecule has 0 bridgehead atoms. The zero-order chi connectivity index (χ0) is 17.1. The van der Waals surface area contributed by atoms with Gasteiger partial charge in [-0.2, -0.15) is 0 Å². The number of hydrogen-bond donors (Lipinski definition) is 1. The number of fused-ring (bicyclic) bond motifs is 1. The Morgan fingerprint density at radius 1 is 0.840 bits per heavy atom. The molecule has 0 saturated carbocycles. The van der Waals surface area contributed by atoms with E-state index in [1.165, 1.54) is 11.9 Å². The lowest BCUT2D eigenvalue weighted by atomic mass is 10.1. The van der Waals surface area contributed by atoms with Gasteiger partial charge in [0.15, 0.2) is 5.65 Å². The Morgan fingerprint density at radius 3 is 2.24 bits per heavy atom. The molecule has 2 heterocycles. The second kappa shape index (κ2) is 6.83. The smallest absolute Gasteiger partial charge is 0.163 e. The van der Waals surface area contributed by atoms with Gasteiger partial charge in [0.25, 0.3) is 0 Å². The number of rotatable bonds is 5. The second-order valence-electron chi connectivity index (χ2n) is 5.99. The van der Waals surface area contributed by atoms with Crippen molar-refractivity contribution in [3.05, 3.63) is 90.1 Å². The molecular weight excluding hydrogens is 312 g/mol. The Balaban J connectivity index is 1.64. The largest absolute Gasteiger partial charge is 0.386 e. The summed E-state index contributed by atoms with van der Waals surface area (Å²) in [5.74, 6) is 0. The van der Waals surface area contributed by atoms with Crippen LogP contribution in [0.4, 0.5) is 0 Å².